The second kappa shape index (κ2) is 8.62. The Balaban J connectivity index is 1.63. The Kier molecular flexibility index (Phi) is 5.72. The summed E-state index contributed by atoms with van der Waals surface area (Å²) in [5.41, 5.74) is -0.282. The molecule has 1 N–H and O–H groups in total. The average Bonchev–Trinajstić information content (AvgIpc) is 2.80. The predicted molar refractivity (Wildman–Crippen MR) is 112 cm³/mol. The summed E-state index contributed by atoms with van der Waals surface area (Å²) in [4.78, 5) is 29.6. The van der Waals surface area contributed by atoms with Crippen molar-refractivity contribution in [3.05, 3.63) is 106 Å². The molecule has 2 aromatic heterocycles. The van der Waals surface area contributed by atoms with Gasteiger partial charge in [-0.1, -0.05) is 30.3 Å². The highest BCUT2D eigenvalue weighted by Gasteiger charge is 2.30. The largest absolute Gasteiger partial charge is 0.416 e. The third-order valence-electron chi connectivity index (χ3n) is 4.85. The molecule has 0 saturated heterocycles. The summed E-state index contributed by atoms with van der Waals surface area (Å²) in [7, 11) is 0. The van der Waals surface area contributed by atoms with Gasteiger partial charge in [0.05, 0.1) is 35.4 Å². The second-order valence-corrected chi connectivity index (χ2v) is 7.04. The number of halogens is 3. The molecule has 1 amide bonds. The first-order valence-electron chi connectivity index (χ1n) is 9.67. The van der Waals surface area contributed by atoms with Crippen LogP contribution in [0.25, 0.3) is 10.8 Å². The van der Waals surface area contributed by atoms with Crippen LogP contribution in [0.15, 0.2) is 77.7 Å². The Bertz CT molecular complexity index is 1330. The third kappa shape index (κ3) is 4.51. The van der Waals surface area contributed by atoms with Gasteiger partial charge in [-0.15, -0.1) is 0 Å². The van der Waals surface area contributed by atoms with Gasteiger partial charge in [0.15, 0.2) is 0 Å². The van der Waals surface area contributed by atoms with Crippen LogP contribution in [0, 0.1) is 0 Å². The third-order valence-corrected chi connectivity index (χ3v) is 4.85. The number of hydrogen-bond acceptors (Lipinski definition) is 4. The van der Waals surface area contributed by atoms with E-state index in [-0.39, 0.29) is 24.2 Å². The summed E-state index contributed by atoms with van der Waals surface area (Å²) in [6.45, 7) is 0.0666. The highest BCUT2D eigenvalue weighted by atomic mass is 19.4. The summed E-state index contributed by atoms with van der Waals surface area (Å²) < 4.78 is 40.1. The average molecular weight is 438 g/mol. The number of fused-ring (bicyclic) bond motifs is 1. The van der Waals surface area contributed by atoms with Crippen molar-refractivity contribution in [3.63, 3.8) is 0 Å². The molecule has 0 aliphatic heterocycles. The van der Waals surface area contributed by atoms with Gasteiger partial charge in [0.2, 0.25) is 0 Å². The lowest BCUT2D eigenvalue weighted by atomic mass is 10.1. The van der Waals surface area contributed by atoms with Gasteiger partial charge >= 0.3 is 6.18 Å². The van der Waals surface area contributed by atoms with Crippen LogP contribution in [0.4, 0.5) is 13.2 Å². The number of carbonyl (C=O) groups is 1. The minimum absolute atomic E-state index is 0.0713. The van der Waals surface area contributed by atoms with Gasteiger partial charge in [-0.05, 0) is 36.4 Å². The molecule has 0 saturated carbocycles. The van der Waals surface area contributed by atoms with E-state index >= 15 is 0 Å². The molecule has 9 heteroatoms. The molecule has 2 aromatic carbocycles. The van der Waals surface area contributed by atoms with Crippen LogP contribution in [-0.2, 0) is 19.3 Å². The van der Waals surface area contributed by atoms with Crippen molar-refractivity contribution in [2.24, 2.45) is 0 Å². The van der Waals surface area contributed by atoms with Gasteiger partial charge in [-0.25, -0.2) is 4.68 Å². The van der Waals surface area contributed by atoms with Crippen LogP contribution in [0.1, 0.15) is 27.3 Å². The van der Waals surface area contributed by atoms with E-state index in [1.165, 1.54) is 16.8 Å². The molecular weight excluding hydrogens is 421 g/mol. The molecule has 0 fully saturated rings. The first-order chi connectivity index (χ1) is 15.3. The van der Waals surface area contributed by atoms with Gasteiger partial charge in [0.25, 0.3) is 11.5 Å². The fourth-order valence-corrected chi connectivity index (χ4v) is 3.29. The van der Waals surface area contributed by atoms with E-state index in [4.69, 9.17) is 0 Å². The van der Waals surface area contributed by atoms with E-state index < -0.39 is 17.6 Å². The van der Waals surface area contributed by atoms with Crippen LogP contribution < -0.4 is 10.9 Å². The predicted octanol–water partition coefficient (Wildman–Crippen LogP) is 3.79. The second-order valence-electron chi connectivity index (χ2n) is 7.04. The van der Waals surface area contributed by atoms with Gasteiger partial charge in [-0.2, -0.15) is 18.3 Å². The molecule has 32 heavy (non-hydrogen) atoms. The zero-order valence-corrected chi connectivity index (χ0v) is 16.6. The topological polar surface area (TPSA) is 76.9 Å². The van der Waals surface area contributed by atoms with E-state index in [9.17, 15) is 22.8 Å². The molecule has 0 atom stereocenters. The number of benzene rings is 2. The lowest BCUT2D eigenvalue weighted by Gasteiger charge is -2.12. The van der Waals surface area contributed by atoms with Gasteiger partial charge in [-0.3, -0.25) is 14.6 Å². The molecule has 6 nitrogen and oxygen atoms in total. The standard InChI is InChI=1S/C23H17F3N4O2/c24-23(25,26)16-7-5-6-15(12-16)21(31)28-13-20-18-9-1-2-10-19(18)22(32)30(29-20)14-17-8-3-4-11-27-17/h1-12H,13-14H2,(H,28,31). The highest BCUT2D eigenvalue weighted by Crippen LogP contribution is 2.29. The number of rotatable bonds is 5. The van der Waals surface area contributed by atoms with Crippen molar-refractivity contribution in [1.29, 1.82) is 0 Å². The SMILES string of the molecule is O=C(NCc1nn(Cc2ccccn2)c(=O)c2ccccc12)c1cccc(C(F)(F)F)c1. The van der Waals surface area contributed by atoms with E-state index in [2.05, 4.69) is 15.4 Å². The Morgan fingerprint density at radius 3 is 2.44 bits per heavy atom. The van der Waals surface area contributed by atoms with Crippen molar-refractivity contribution in [2.75, 3.05) is 0 Å². The molecule has 0 aliphatic rings. The smallest absolute Gasteiger partial charge is 0.346 e. The number of amides is 1. The monoisotopic (exact) mass is 438 g/mol. The number of alkyl halides is 3. The minimum atomic E-state index is -4.55. The summed E-state index contributed by atoms with van der Waals surface area (Å²) in [6.07, 6.45) is -2.94. The zero-order chi connectivity index (χ0) is 22.7. The lowest BCUT2D eigenvalue weighted by Crippen LogP contribution is -2.29. The molecule has 0 bridgehead atoms. The molecule has 0 radical (unpaired) electrons. The van der Waals surface area contributed by atoms with Crippen molar-refractivity contribution in [1.82, 2.24) is 20.1 Å². The maximum atomic E-state index is 12.9. The Morgan fingerprint density at radius 2 is 1.72 bits per heavy atom. The molecule has 4 aromatic rings. The summed E-state index contributed by atoms with van der Waals surface area (Å²) in [5, 5.41) is 7.96. The lowest BCUT2D eigenvalue weighted by molar-refractivity contribution is -0.137. The molecular formula is C23H17F3N4O2. The number of pyridine rings is 1. The first kappa shape index (κ1) is 21.2. The van der Waals surface area contributed by atoms with E-state index in [1.54, 1.807) is 48.7 Å². The van der Waals surface area contributed by atoms with Gasteiger partial charge in [0, 0.05) is 17.1 Å². The normalized spacial score (nSPS) is 11.5. The van der Waals surface area contributed by atoms with Gasteiger partial charge in [0.1, 0.15) is 0 Å². The number of hydrogen-bond donors (Lipinski definition) is 1. The molecule has 162 valence electrons. The molecule has 4 rings (SSSR count). The van der Waals surface area contributed by atoms with Gasteiger partial charge < -0.3 is 5.32 Å². The van der Waals surface area contributed by atoms with Crippen molar-refractivity contribution in [2.45, 2.75) is 19.3 Å². The maximum absolute atomic E-state index is 12.9. The van der Waals surface area contributed by atoms with E-state index in [0.29, 0.717) is 22.2 Å². The van der Waals surface area contributed by atoms with E-state index in [0.717, 1.165) is 12.1 Å². The number of nitrogens with zero attached hydrogens (tertiary/aromatic N) is 3. The highest BCUT2D eigenvalue weighted by molar-refractivity contribution is 5.94. The van der Waals surface area contributed by atoms with Crippen molar-refractivity contribution < 1.29 is 18.0 Å². The fourth-order valence-electron chi connectivity index (χ4n) is 3.29. The first-order valence-corrected chi connectivity index (χ1v) is 9.67. The summed E-state index contributed by atoms with van der Waals surface area (Å²) >= 11 is 0. The number of carbonyl (C=O) groups excluding carboxylic acids is 1. The minimum Gasteiger partial charge on any atom is -0.346 e. The quantitative estimate of drug-likeness (QED) is 0.515. The summed E-state index contributed by atoms with van der Waals surface area (Å²) in [5.74, 6) is -0.676. The number of aromatic nitrogens is 3. The van der Waals surface area contributed by atoms with Crippen LogP contribution in [-0.4, -0.2) is 20.7 Å². The van der Waals surface area contributed by atoms with Crippen molar-refractivity contribution >= 4 is 16.7 Å². The molecule has 0 unspecified atom stereocenters. The van der Waals surface area contributed by atoms with Crippen LogP contribution >= 0.6 is 0 Å². The Labute approximate surface area is 180 Å². The molecule has 0 spiro atoms. The van der Waals surface area contributed by atoms with Crippen LogP contribution in [0.3, 0.4) is 0 Å². The van der Waals surface area contributed by atoms with Crippen LogP contribution in [0.5, 0.6) is 0 Å². The molecule has 2 heterocycles. The fraction of sp³-hybridized carbons (Fsp3) is 0.130. The van der Waals surface area contributed by atoms with E-state index in [1.807, 2.05) is 0 Å². The number of nitrogens with one attached hydrogen (secondary N) is 1. The van der Waals surface area contributed by atoms with Crippen molar-refractivity contribution in [3.8, 4) is 0 Å². The maximum Gasteiger partial charge on any atom is 0.416 e. The molecule has 0 aliphatic carbocycles. The Hall–Kier alpha value is -4.01. The van der Waals surface area contributed by atoms with Crippen LogP contribution in [0.2, 0.25) is 0 Å². The summed E-state index contributed by atoms with van der Waals surface area (Å²) in [6, 6.07) is 16.3. The Morgan fingerprint density at radius 1 is 0.969 bits per heavy atom. The zero-order valence-electron chi connectivity index (χ0n) is 16.6.